The van der Waals surface area contributed by atoms with Crippen molar-refractivity contribution in [3.8, 4) is 0 Å². The first kappa shape index (κ1) is 19.4. The fourth-order valence-electron chi connectivity index (χ4n) is 2.04. The minimum absolute atomic E-state index is 0.0646. The predicted molar refractivity (Wildman–Crippen MR) is 86.8 cm³/mol. The zero-order valence-corrected chi connectivity index (χ0v) is 14.2. The van der Waals surface area contributed by atoms with E-state index in [1.54, 1.807) is 6.07 Å². The number of benzene rings is 1. The lowest BCUT2D eigenvalue weighted by molar-refractivity contribution is -0.131. The molecule has 0 heterocycles. The zero-order chi connectivity index (χ0) is 17.4. The Labute approximate surface area is 140 Å². The maximum atomic E-state index is 13.0. The van der Waals surface area contributed by atoms with E-state index in [1.165, 1.54) is 19.2 Å². The van der Waals surface area contributed by atoms with E-state index in [1.807, 2.05) is 13.8 Å². The smallest absolute Gasteiger partial charge is 0.246 e. The molecule has 0 radical (unpaired) electrons. The Kier molecular flexibility index (Phi) is 7.98. The Bertz CT molecular complexity index is 552. The number of carbonyl (C=O) groups is 2. The van der Waals surface area contributed by atoms with Crippen molar-refractivity contribution in [2.45, 2.75) is 26.3 Å². The van der Waals surface area contributed by atoms with Crippen LogP contribution in [0.2, 0.25) is 5.02 Å². The summed E-state index contributed by atoms with van der Waals surface area (Å²) in [7, 11) is 1.41. The van der Waals surface area contributed by atoms with Crippen LogP contribution in [0.3, 0.4) is 0 Å². The van der Waals surface area contributed by atoms with Crippen LogP contribution in [0, 0.1) is 11.7 Å². The Morgan fingerprint density at radius 1 is 1.35 bits per heavy atom. The molecule has 1 atom stereocenters. The first-order chi connectivity index (χ1) is 10.8. The third-order valence-electron chi connectivity index (χ3n) is 3.25. The fraction of sp³-hybridized carbons (Fsp3) is 0.500. The quantitative estimate of drug-likeness (QED) is 0.757. The van der Waals surface area contributed by atoms with Crippen molar-refractivity contribution in [1.29, 1.82) is 0 Å². The minimum atomic E-state index is -0.638. The molecule has 0 saturated carbocycles. The van der Waals surface area contributed by atoms with Gasteiger partial charge in [0.1, 0.15) is 18.5 Å². The Balaban J connectivity index is 2.53. The predicted octanol–water partition coefficient (Wildman–Crippen LogP) is 1.93. The first-order valence-electron chi connectivity index (χ1n) is 7.35. The van der Waals surface area contributed by atoms with Crippen molar-refractivity contribution in [2.75, 3.05) is 20.3 Å². The highest BCUT2D eigenvalue weighted by molar-refractivity contribution is 6.31. The van der Waals surface area contributed by atoms with Gasteiger partial charge in [0, 0.05) is 18.7 Å². The van der Waals surface area contributed by atoms with Crippen LogP contribution in [0.25, 0.3) is 0 Å². The zero-order valence-electron chi connectivity index (χ0n) is 13.5. The molecule has 2 N–H and O–H groups in total. The van der Waals surface area contributed by atoms with E-state index in [-0.39, 0.29) is 24.3 Å². The Morgan fingerprint density at radius 3 is 2.61 bits per heavy atom. The van der Waals surface area contributed by atoms with Gasteiger partial charge in [0.25, 0.3) is 0 Å². The lowest BCUT2D eigenvalue weighted by Crippen LogP contribution is -2.50. The van der Waals surface area contributed by atoms with Gasteiger partial charge in [0.05, 0.1) is 0 Å². The van der Waals surface area contributed by atoms with Gasteiger partial charge in [-0.3, -0.25) is 9.59 Å². The summed E-state index contributed by atoms with van der Waals surface area (Å²) in [5.74, 6) is -1.08. The van der Waals surface area contributed by atoms with E-state index >= 15 is 0 Å². The second kappa shape index (κ2) is 9.47. The van der Waals surface area contributed by atoms with Crippen LogP contribution >= 0.6 is 11.6 Å². The maximum absolute atomic E-state index is 13.0. The lowest BCUT2D eigenvalue weighted by Gasteiger charge is -2.21. The van der Waals surface area contributed by atoms with Crippen molar-refractivity contribution >= 4 is 23.4 Å². The van der Waals surface area contributed by atoms with Gasteiger partial charge in [0.2, 0.25) is 11.8 Å². The molecule has 128 valence electrons. The summed E-state index contributed by atoms with van der Waals surface area (Å²) < 4.78 is 17.7. The highest BCUT2D eigenvalue weighted by Crippen LogP contribution is 2.17. The molecule has 0 aliphatic heterocycles. The average molecular weight is 345 g/mol. The number of halogens is 2. The normalized spacial score (nSPS) is 12.1. The standard InChI is InChI=1S/C16H22ClFN2O3/c1-10(2)15(20-14(21)9-23-3)16(22)19-7-6-11-4-5-12(18)8-13(11)17/h4-5,8,10,15H,6-7,9H2,1-3H3,(H,19,22)(H,20,21)/t15-/m0/s1. The highest BCUT2D eigenvalue weighted by Gasteiger charge is 2.23. The molecule has 5 nitrogen and oxygen atoms in total. The van der Waals surface area contributed by atoms with Crippen LogP contribution in [-0.2, 0) is 20.7 Å². The molecular formula is C16H22ClFN2O3. The Hall–Kier alpha value is -1.66. The summed E-state index contributed by atoms with van der Waals surface area (Å²) in [6, 6.07) is 3.51. The number of hydrogen-bond acceptors (Lipinski definition) is 3. The van der Waals surface area contributed by atoms with Crippen LogP contribution in [0.4, 0.5) is 4.39 Å². The van der Waals surface area contributed by atoms with E-state index in [0.717, 1.165) is 5.56 Å². The van der Waals surface area contributed by atoms with E-state index < -0.39 is 11.9 Å². The molecule has 0 aromatic heterocycles. The average Bonchev–Trinajstić information content (AvgIpc) is 2.47. The van der Waals surface area contributed by atoms with Gasteiger partial charge >= 0.3 is 0 Å². The summed E-state index contributed by atoms with van der Waals surface area (Å²) in [4.78, 5) is 23.8. The number of amides is 2. The van der Waals surface area contributed by atoms with Gasteiger partial charge in [-0.15, -0.1) is 0 Å². The van der Waals surface area contributed by atoms with E-state index in [4.69, 9.17) is 16.3 Å². The van der Waals surface area contributed by atoms with Gasteiger partial charge in [-0.1, -0.05) is 31.5 Å². The molecule has 0 aliphatic carbocycles. The van der Waals surface area contributed by atoms with Gasteiger partial charge in [-0.05, 0) is 30.0 Å². The minimum Gasteiger partial charge on any atom is -0.375 e. The second-order valence-electron chi connectivity index (χ2n) is 5.50. The molecule has 1 aromatic carbocycles. The van der Waals surface area contributed by atoms with Crippen molar-refractivity contribution in [1.82, 2.24) is 10.6 Å². The van der Waals surface area contributed by atoms with Crippen molar-refractivity contribution < 1.29 is 18.7 Å². The summed E-state index contributed by atoms with van der Waals surface area (Å²) in [5.41, 5.74) is 0.748. The number of rotatable bonds is 8. The molecular weight excluding hydrogens is 323 g/mol. The number of carbonyl (C=O) groups excluding carboxylic acids is 2. The summed E-state index contributed by atoms with van der Waals surface area (Å²) in [5, 5.41) is 5.71. The number of ether oxygens (including phenoxy) is 1. The van der Waals surface area contributed by atoms with E-state index in [2.05, 4.69) is 10.6 Å². The van der Waals surface area contributed by atoms with Crippen LogP contribution in [0.1, 0.15) is 19.4 Å². The van der Waals surface area contributed by atoms with Gasteiger partial charge in [-0.25, -0.2) is 4.39 Å². The second-order valence-corrected chi connectivity index (χ2v) is 5.91. The molecule has 23 heavy (non-hydrogen) atoms. The molecule has 0 spiro atoms. The largest absolute Gasteiger partial charge is 0.375 e. The molecule has 0 fully saturated rings. The molecule has 0 bridgehead atoms. The van der Waals surface area contributed by atoms with Gasteiger partial charge in [0.15, 0.2) is 0 Å². The lowest BCUT2D eigenvalue weighted by atomic mass is 10.0. The number of nitrogens with one attached hydrogen (secondary N) is 2. The molecule has 1 aromatic rings. The molecule has 2 amide bonds. The molecule has 0 saturated heterocycles. The summed E-state index contributed by atoms with van der Waals surface area (Å²) in [6.45, 7) is 3.93. The van der Waals surface area contributed by atoms with Gasteiger partial charge < -0.3 is 15.4 Å². The van der Waals surface area contributed by atoms with E-state index in [9.17, 15) is 14.0 Å². The van der Waals surface area contributed by atoms with Crippen LogP contribution in [0.5, 0.6) is 0 Å². The SMILES string of the molecule is COCC(=O)N[C@H](C(=O)NCCc1ccc(F)cc1Cl)C(C)C. The van der Waals surface area contributed by atoms with E-state index in [0.29, 0.717) is 18.0 Å². The van der Waals surface area contributed by atoms with Crippen LogP contribution < -0.4 is 10.6 Å². The third kappa shape index (κ3) is 6.54. The Morgan fingerprint density at radius 2 is 2.04 bits per heavy atom. The fourth-order valence-corrected chi connectivity index (χ4v) is 2.30. The van der Waals surface area contributed by atoms with Gasteiger partial charge in [-0.2, -0.15) is 0 Å². The molecule has 0 unspecified atom stereocenters. The molecule has 7 heteroatoms. The van der Waals surface area contributed by atoms with Crippen molar-refractivity contribution in [2.24, 2.45) is 5.92 Å². The first-order valence-corrected chi connectivity index (χ1v) is 7.73. The van der Waals surface area contributed by atoms with Crippen molar-refractivity contribution in [3.05, 3.63) is 34.6 Å². The highest BCUT2D eigenvalue weighted by atomic mass is 35.5. The summed E-state index contributed by atoms with van der Waals surface area (Å²) in [6.07, 6.45) is 0.474. The third-order valence-corrected chi connectivity index (χ3v) is 3.60. The number of hydrogen-bond donors (Lipinski definition) is 2. The molecule has 1 rings (SSSR count). The maximum Gasteiger partial charge on any atom is 0.246 e. The molecule has 0 aliphatic rings. The van der Waals surface area contributed by atoms with Crippen LogP contribution in [0.15, 0.2) is 18.2 Å². The van der Waals surface area contributed by atoms with Crippen molar-refractivity contribution in [3.63, 3.8) is 0 Å². The number of methoxy groups -OCH3 is 1. The topological polar surface area (TPSA) is 67.4 Å². The van der Waals surface area contributed by atoms with Crippen LogP contribution in [-0.4, -0.2) is 38.1 Å². The monoisotopic (exact) mass is 344 g/mol. The summed E-state index contributed by atoms with van der Waals surface area (Å²) >= 11 is 5.94.